The first kappa shape index (κ1) is 22.2. The fraction of sp³-hybridized carbons (Fsp3) is 0.231. The van der Waals surface area contributed by atoms with E-state index in [1.54, 1.807) is 18.2 Å². The Hall–Kier alpha value is -3.65. The fourth-order valence-corrected chi connectivity index (χ4v) is 4.76. The summed E-state index contributed by atoms with van der Waals surface area (Å²) >= 11 is 0.822. The van der Waals surface area contributed by atoms with Crippen LogP contribution in [0.2, 0.25) is 0 Å². The molecule has 172 valence electrons. The van der Waals surface area contributed by atoms with Gasteiger partial charge in [0, 0.05) is 34.3 Å². The van der Waals surface area contributed by atoms with E-state index in [0.29, 0.717) is 5.56 Å². The van der Waals surface area contributed by atoms with Gasteiger partial charge in [0.15, 0.2) is 5.78 Å². The summed E-state index contributed by atoms with van der Waals surface area (Å²) in [6, 6.07) is 14.9. The molecule has 8 heteroatoms. The zero-order valence-corrected chi connectivity index (χ0v) is 19.4. The molecule has 1 saturated carbocycles. The second kappa shape index (κ2) is 8.95. The fourth-order valence-electron chi connectivity index (χ4n) is 3.93. The van der Waals surface area contributed by atoms with E-state index in [4.69, 9.17) is 0 Å². The van der Waals surface area contributed by atoms with Crippen molar-refractivity contribution in [1.82, 2.24) is 14.8 Å². The monoisotopic (exact) mass is 473 g/mol. The third-order valence-electron chi connectivity index (χ3n) is 5.91. The summed E-state index contributed by atoms with van der Waals surface area (Å²) < 4.78 is 1.85. The predicted octanol–water partition coefficient (Wildman–Crippen LogP) is 4.15. The van der Waals surface area contributed by atoms with Crippen molar-refractivity contribution in [2.24, 2.45) is 0 Å². The van der Waals surface area contributed by atoms with Crippen molar-refractivity contribution in [3.63, 3.8) is 0 Å². The van der Waals surface area contributed by atoms with E-state index in [9.17, 15) is 19.2 Å². The maximum Gasteiger partial charge on any atom is 0.293 e. The molecule has 5 rings (SSSR count). The van der Waals surface area contributed by atoms with Crippen LogP contribution in [0, 0.1) is 6.92 Å². The number of nitrogens with one attached hydrogen (secondary N) is 1. The number of benzene rings is 2. The highest BCUT2D eigenvalue weighted by atomic mass is 32.2. The van der Waals surface area contributed by atoms with Crippen molar-refractivity contribution in [2.75, 3.05) is 6.54 Å². The normalized spacial score (nSPS) is 17.1. The first-order valence-electron chi connectivity index (χ1n) is 11.1. The Balaban J connectivity index is 1.38. The van der Waals surface area contributed by atoms with Gasteiger partial charge in [0.25, 0.3) is 11.1 Å². The minimum atomic E-state index is -0.487. The topological polar surface area (TPSA) is 88.5 Å². The minimum Gasteiger partial charge on any atom is -0.352 e. The van der Waals surface area contributed by atoms with Gasteiger partial charge in [0.1, 0.15) is 6.54 Å². The van der Waals surface area contributed by atoms with Gasteiger partial charge >= 0.3 is 0 Å². The number of carbonyl (C=O) groups is 4. The third kappa shape index (κ3) is 4.54. The summed E-state index contributed by atoms with van der Waals surface area (Å²) in [4.78, 5) is 51.7. The second-order valence-electron chi connectivity index (χ2n) is 8.63. The number of hydrogen-bond donors (Lipinski definition) is 1. The molecule has 1 N–H and O–H groups in total. The maximum absolute atomic E-state index is 13.0. The van der Waals surface area contributed by atoms with Crippen LogP contribution in [0.1, 0.15) is 34.3 Å². The standard InChI is InChI=1S/C26H23N3O4S/c1-16-6-8-17(9-7-16)22(30)14-29-25(32)23(34-26(29)33)12-18-13-28(15-24(31)27-19-10-11-19)21-5-3-2-4-20(18)21/h2-9,12-13,19H,10-11,14-15H2,1H3,(H,27,31)/b23-12-. The summed E-state index contributed by atoms with van der Waals surface area (Å²) in [5.41, 5.74) is 3.09. The van der Waals surface area contributed by atoms with Crippen LogP contribution in [-0.2, 0) is 16.1 Å². The average Bonchev–Trinajstić information content (AvgIpc) is 3.52. The molecule has 1 aliphatic heterocycles. The Morgan fingerprint density at radius 2 is 1.79 bits per heavy atom. The van der Waals surface area contributed by atoms with E-state index in [0.717, 1.165) is 51.5 Å². The molecule has 2 fully saturated rings. The van der Waals surface area contributed by atoms with Crippen LogP contribution >= 0.6 is 11.8 Å². The quantitative estimate of drug-likeness (QED) is 0.411. The molecule has 1 aliphatic carbocycles. The molecular formula is C26H23N3O4S. The van der Waals surface area contributed by atoms with Gasteiger partial charge in [-0.15, -0.1) is 0 Å². The van der Waals surface area contributed by atoms with Gasteiger partial charge in [0.05, 0.1) is 11.4 Å². The number of para-hydroxylation sites is 1. The van der Waals surface area contributed by atoms with Gasteiger partial charge < -0.3 is 9.88 Å². The summed E-state index contributed by atoms with van der Waals surface area (Å²) in [5, 5.41) is 3.40. The average molecular weight is 474 g/mol. The van der Waals surface area contributed by atoms with Gasteiger partial charge in [-0.2, -0.15) is 0 Å². The van der Waals surface area contributed by atoms with Crippen LogP contribution in [0.15, 0.2) is 59.6 Å². The highest BCUT2D eigenvalue weighted by Gasteiger charge is 2.36. The van der Waals surface area contributed by atoms with Crippen LogP contribution < -0.4 is 5.32 Å². The second-order valence-corrected chi connectivity index (χ2v) is 9.62. The number of thioether (sulfide) groups is 1. The summed E-state index contributed by atoms with van der Waals surface area (Å²) in [7, 11) is 0. The van der Waals surface area contributed by atoms with E-state index in [1.165, 1.54) is 0 Å². The lowest BCUT2D eigenvalue weighted by atomic mass is 10.1. The Morgan fingerprint density at radius 3 is 2.53 bits per heavy atom. The molecule has 3 amide bonds. The molecule has 7 nitrogen and oxygen atoms in total. The number of fused-ring (bicyclic) bond motifs is 1. The zero-order chi connectivity index (χ0) is 23.8. The molecule has 1 saturated heterocycles. The number of aromatic nitrogens is 1. The van der Waals surface area contributed by atoms with E-state index < -0.39 is 11.1 Å². The molecule has 0 spiro atoms. The van der Waals surface area contributed by atoms with E-state index in [2.05, 4.69) is 5.32 Å². The molecule has 1 aromatic heterocycles. The number of aryl methyl sites for hydroxylation is 1. The summed E-state index contributed by atoms with van der Waals surface area (Å²) in [5.74, 6) is -0.828. The first-order valence-corrected chi connectivity index (χ1v) is 11.9. The Labute approximate surface area is 200 Å². The smallest absolute Gasteiger partial charge is 0.293 e. The molecule has 2 aromatic carbocycles. The van der Waals surface area contributed by atoms with Crippen molar-refractivity contribution in [1.29, 1.82) is 0 Å². The van der Waals surface area contributed by atoms with Crippen molar-refractivity contribution in [3.05, 3.63) is 76.3 Å². The van der Waals surface area contributed by atoms with Crippen molar-refractivity contribution in [3.8, 4) is 0 Å². The molecule has 0 radical (unpaired) electrons. The number of ketones is 1. The number of nitrogens with zero attached hydrogens (tertiary/aromatic N) is 2. The number of Topliss-reactive ketones (excluding diaryl/α,β-unsaturated/α-hetero) is 1. The lowest BCUT2D eigenvalue weighted by molar-refractivity contribution is -0.123. The minimum absolute atomic E-state index is 0.0512. The zero-order valence-electron chi connectivity index (χ0n) is 18.6. The van der Waals surface area contributed by atoms with Gasteiger partial charge in [-0.25, -0.2) is 0 Å². The molecular weight excluding hydrogens is 450 g/mol. The van der Waals surface area contributed by atoms with E-state index >= 15 is 0 Å². The lowest BCUT2D eigenvalue weighted by Gasteiger charge is -2.11. The number of imide groups is 1. The van der Waals surface area contributed by atoms with Crippen LogP contribution in [0.3, 0.4) is 0 Å². The number of amides is 3. The Bertz CT molecular complexity index is 1350. The van der Waals surface area contributed by atoms with E-state index in [-0.39, 0.29) is 35.7 Å². The van der Waals surface area contributed by atoms with Crippen LogP contribution in [-0.4, -0.2) is 44.9 Å². The molecule has 0 unspecified atom stereocenters. The molecule has 34 heavy (non-hydrogen) atoms. The van der Waals surface area contributed by atoms with Gasteiger partial charge in [0.2, 0.25) is 5.91 Å². The Morgan fingerprint density at radius 1 is 1.06 bits per heavy atom. The highest BCUT2D eigenvalue weighted by Crippen LogP contribution is 2.34. The number of rotatable bonds is 7. The number of carbonyl (C=O) groups excluding carboxylic acids is 4. The largest absolute Gasteiger partial charge is 0.352 e. The Kier molecular flexibility index (Phi) is 5.83. The SMILES string of the molecule is Cc1ccc(C(=O)CN2C(=O)S/C(=C\c3cn(CC(=O)NC4CC4)c4ccccc34)C2=O)cc1. The van der Waals surface area contributed by atoms with Crippen LogP contribution in [0.5, 0.6) is 0 Å². The summed E-state index contributed by atoms with van der Waals surface area (Å²) in [6.07, 6.45) is 5.53. The van der Waals surface area contributed by atoms with Crippen LogP contribution in [0.25, 0.3) is 17.0 Å². The van der Waals surface area contributed by atoms with Crippen LogP contribution in [0.4, 0.5) is 4.79 Å². The predicted molar refractivity (Wildman–Crippen MR) is 131 cm³/mol. The molecule has 0 atom stereocenters. The lowest BCUT2D eigenvalue weighted by Crippen LogP contribution is -2.33. The van der Waals surface area contributed by atoms with Crippen molar-refractivity contribution < 1.29 is 19.2 Å². The summed E-state index contributed by atoms with van der Waals surface area (Å²) in [6.45, 7) is 1.80. The molecule has 0 bridgehead atoms. The highest BCUT2D eigenvalue weighted by molar-refractivity contribution is 8.18. The third-order valence-corrected chi connectivity index (χ3v) is 6.82. The van der Waals surface area contributed by atoms with Gasteiger partial charge in [-0.05, 0) is 43.7 Å². The number of hydrogen-bond acceptors (Lipinski definition) is 5. The van der Waals surface area contributed by atoms with Gasteiger partial charge in [-0.3, -0.25) is 24.1 Å². The van der Waals surface area contributed by atoms with Crippen molar-refractivity contribution in [2.45, 2.75) is 32.4 Å². The molecule has 2 aliphatic rings. The molecule has 3 aromatic rings. The first-order chi connectivity index (χ1) is 16.4. The van der Waals surface area contributed by atoms with Gasteiger partial charge in [-0.1, -0.05) is 48.0 Å². The molecule has 2 heterocycles. The maximum atomic E-state index is 13.0. The van der Waals surface area contributed by atoms with E-state index in [1.807, 2.05) is 54.1 Å². The van der Waals surface area contributed by atoms with Crippen molar-refractivity contribution >= 4 is 51.6 Å².